The zero-order valence-corrected chi connectivity index (χ0v) is 12.1. The fraction of sp³-hybridized carbons (Fsp3) is 0.500. The van der Waals surface area contributed by atoms with Crippen LogP contribution in [0.5, 0.6) is 0 Å². The van der Waals surface area contributed by atoms with Gasteiger partial charge in [-0.3, -0.25) is 4.79 Å². The molecule has 1 saturated carbocycles. The third-order valence-electron chi connectivity index (χ3n) is 4.21. The van der Waals surface area contributed by atoms with Crippen LogP contribution in [0.3, 0.4) is 0 Å². The number of halogens is 3. The maximum Gasteiger partial charge on any atom is 0.416 e. The van der Waals surface area contributed by atoms with Gasteiger partial charge in [0.1, 0.15) is 0 Å². The van der Waals surface area contributed by atoms with Crippen molar-refractivity contribution < 1.29 is 22.7 Å². The van der Waals surface area contributed by atoms with E-state index in [1.54, 1.807) is 13.0 Å². The van der Waals surface area contributed by atoms with E-state index in [0.717, 1.165) is 18.6 Å². The van der Waals surface area contributed by atoms with Crippen LogP contribution in [0, 0.1) is 17.2 Å². The molecule has 0 radical (unpaired) electrons. The van der Waals surface area contributed by atoms with Crippen molar-refractivity contribution in [2.45, 2.75) is 37.8 Å². The normalized spacial score (nSPS) is 18.0. The van der Waals surface area contributed by atoms with E-state index in [2.05, 4.69) is 0 Å². The second kappa shape index (κ2) is 5.99. The van der Waals surface area contributed by atoms with Gasteiger partial charge in [0.25, 0.3) is 0 Å². The summed E-state index contributed by atoms with van der Waals surface area (Å²) in [5.74, 6) is -1.74. The van der Waals surface area contributed by atoms with E-state index >= 15 is 0 Å². The predicted molar refractivity (Wildman–Crippen MR) is 72.7 cm³/mol. The SMILES string of the molecule is CCOC(=O)[C@@H](C#N)C1(c2cccc(C(F)(F)F)c2)CCC1. The summed E-state index contributed by atoms with van der Waals surface area (Å²) < 4.78 is 43.6. The molecule has 1 aliphatic carbocycles. The van der Waals surface area contributed by atoms with Gasteiger partial charge < -0.3 is 4.74 Å². The summed E-state index contributed by atoms with van der Waals surface area (Å²) >= 11 is 0. The Hall–Kier alpha value is -2.03. The second-order valence-corrected chi connectivity index (χ2v) is 5.40. The van der Waals surface area contributed by atoms with E-state index < -0.39 is 29.0 Å². The monoisotopic (exact) mass is 311 g/mol. The van der Waals surface area contributed by atoms with Crippen LogP contribution in [0.15, 0.2) is 24.3 Å². The topological polar surface area (TPSA) is 50.1 Å². The first-order chi connectivity index (χ1) is 10.3. The molecule has 0 aromatic heterocycles. The lowest BCUT2D eigenvalue weighted by molar-refractivity contribution is -0.149. The first-order valence-corrected chi connectivity index (χ1v) is 7.09. The lowest BCUT2D eigenvalue weighted by Gasteiger charge is -2.44. The van der Waals surface area contributed by atoms with Crippen LogP contribution in [0.25, 0.3) is 0 Å². The number of carbonyl (C=O) groups is 1. The molecule has 1 aromatic rings. The van der Waals surface area contributed by atoms with Gasteiger partial charge in [-0.1, -0.05) is 24.6 Å². The highest BCUT2D eigenvalue weighted by molar-refractivity contribution is 5.78. The van der Waals surface area contributed by atoms with Crippen molar-refractivity contribution in [2.24, 2.45) is 5.92 Å². The Kier molecular flexibility index (Phi) is 4.45. The van der Waals surface area contributed by atoms with Crippen LogP contribution < -0.4 is 0 Å². The molecule has 0 unspecified atom stereocenters. The van der Waals surface area contributed by atoms with Gasteiger partial charge in [-0.2, -0.15) is 18.4 Å². The lowest BCUT2D eigenvalue weighted by Crippen LogP contribution is -2.45. The van der Waals surface area contributed by atoms with Crippen LogP contribution in [0.4, 0.5) is 13.2 Å². The van der Waals surface area contributed by atoms with E-state index in [0.29, 0.717) is 18.4 Å². The van der Waals surface area contributed by atoms with Crippen LogP contribution in [-0.2, 0) is 21.1 Å². The van der Waals surface area contributed by atoms with Crippen LogP contribution in [-0.4, -0.2) is 12.6 Å². The van der Waals surface area contributed by atoms with E-state index in [-0.39, 0.29) is 6.61 Å². The first-order valence-electron chi connectivity index (χ1n) is 7.09. The molecule has 0 aliphatic heterocycles. The summed E-state index contributed by atoms with van der Waals surface area (Å²) in [6.45, 7) is 1.76. The van der Waals surface area contributed by atoms with Crippen LogP contribution >= 0.6 is 0 Å². The van der Waals surface area contributed by atoms with Gasteiger partial charge in [-0.15, -0.1) is 0 Å². The molecular weight excluding hydrogens is 295 g/mol. The molecule has 3 nitrogen and oxygen atoms in total. The van der Waals surface area contributed by atoms with E-state index in [1.165, 1.54) is 6.07 Å². The van der Waals surface area contributed by atoms with Gasteiger partial charge in [0.05, 0.1) is 18.2 Å². The average Bonchev–Trinajstić information content (AvgIpc) is 2.42. The lowest BCUT2D eigenvalue weighted by atomic mass is 9.57. The minimum atomic E-state index is -4.45. The highest BCUT2D eigenvalue weighted by Crippen LogP contribution is 2.50. The van der Waals surface area contributed by atoms with Crippen molar-refractivity contribution in [1.29, 1.82) is 5.26 Å². The number of alkyl halides is 3. The molecule has 0 amide bonds. The number of rotatable bonds is 4. The molecule has 6 heteroatoms. The van der Waals surface area contributed by atoms with Gasteiger partial charge in [0.2, 0.25) is 0 Å². The standard InChI is InChI=1S/C16H16F3NO2/c1-2-22-14(21)13(10-20)15(7-4-8-15)11-5-3-6-12(9-11)16(17,18)19/h3,5-6,9,13H,2,4,7-8H2,1H3/t13-/m1/s1. The number of nitrogens with zero attached hydrogens (tertiary/aromatic N) is 1. The molecule has 1 aromatic carbocycles. The Morgan fingerprint density at radius 2 is 2.14 bits per heavy atom. The van der Waals surface area contributed by atoms with Crippen molar-refractivity contribution in [2.75, 3.05) is 6.61 Å². The van der Waals surface area contributed by atoms with E-state index in [1.807, 2.05) is 6.07 Å². The molecule has 0 bridgehead atoms. The molecule has 1 atom stereocenters. The molecule has 0 saturated heterocycles. The maximum absolute atomic E-state index is 12.9. The Labute approximate surface area is 126 Å². The summed E-state index contributed by atoms with van der Waals surface area (Å²) in [4.78, 5) is 12.0. The first kappa shape index (κ1) is 16.3. The fourth-order valence-electron chi connectivity index (χ4n) is 2.93. The highest BCUT2D eigenvalue weighted by Gasteiger charge is 2.50. The van der Waals surface area contributed by atoms with Crippen molar-refractivity contribution >= 4 is 5.97 Å². The smallest absolute Gasteiger partial charge is 0.416 e. The van der Waals surface area contributed by atoms with Gasteiger partial charge in [-0.25, -0.2) is 0 Å². The Bertz CT molecular complexity index is 600. The molecule has 1 aliphatic rings. The number of nitriles is 1. The summed E-state index contributed by atoms with van der Waals surface area (Å²) in [6.07, 6.45) is -2.67. The average molecular weight is 311 g/mol. The second-order valence-electron chi connectivity index (χ2n) is 5.40. The van der Waals surface area contributed by atoms with Gasteiger partial charge in [0.15, 0.2) is 5.92 Å². The predicted octanol–water partition coefficient (Wildman–Crippen LogP) is 3.83. The quantitative estimate of drug-likeness (QED) is 0.794. The molecule has 0 heterocycles. The van der Waals surface area contributed by atoms with Crippen molar-refractivity contribution in [1.82, 2.24) is 0 Å². The Balaban J connectivity index is 2.43. The zero-order valence-electron chi connectivity index (χ0n) is 12.1. The van der Waals surface area contributed by atoms with Crippen molar-refractivity contribution in [3.8, 4) is 6.07 Å². The molecule has 0 spiro atoms. The minimum Gasteiger partial charge on any atom is -0.465 e. The van der Waals surface area contributed by atoms with Crippen molar-refractivity contribution in [3.05, 3.63) is 35.4 Å². The number of ether oxygens (including phenoxy) is 1. The summed E-state index contributed by atoms with van der Waals surface area (Å²) in [5, 5.41) is 9.34. The molecule has 22 heavy (non-hydrogen) atoms. The number of hydrogen-bond acceptors (Lipinski definition) is 3. The molecule has 2 rings (SSSR count). The largest absolute Gasteiger partial charge is 0.465 e. The fourth-order valence-corrected chi connectivity index (χ4v) is 2.93. The number of hydrogen-bond donors (Lipinski definition) is 0. The minimum absolute atomic E-state index is 0.135. The van der Waals surface area contributed by atoms with Crippen molar-refractivity contribution in [3.63, 3.8) is 0 Å². The summed E-state index contributed by atoms with van der Waals surface area (Å²) in [6, 6.07) is 6.83. The number of esters is 1. The Morgan fingerprint density at radius 1 is 1.45 bits per heavy atom. The van der Waals surface area contributed by atoms with Crippen LogP contribution in [0.1, 0.15) is 37.3 Å². The zero-order chi connectivity index (χ0) is 16.4. The van der Waals surface area contributed by atoms with E-state index in [9.17, 15) is 23.2 Å². The third-order valence-corrected chi connectivity index (χ3v) is 4.21. The van der Waals surface area contributed by atoms with Gasteiger partial charge in [0, 0.05) is 5.41 Å². The third kappa shape index (κ3) is 2.80. The van der Waals surface area contributed by atoms with E-state index in [4.69, 9.17) is 4.74 Å². The Morgan fingerprint density at radius 3 is 2.59 bits per heavy atom. The number of carbonyl (C=O) groups excluding carboxylic acids is 1. The highest BCUT2D eigenvalue weighted by atomic mass is 19.4. The maximum atomic E-state index is 12.9. The van der Waals surface area contributed by atoms with Crippen LogP contribution in [0.2, 0.25) is 0 Å². The molecule has 118 valence electrons. The molecule has 1 fully saturated rings. The molecule has 0 N–H and O–H groups in total. The summed E-state index contributed by atoms with van der Waals surface area (Å²) in [7, 11) is 0. The van der Waals surface area contributed by atoms with Gasteiger partial charge >= 0.3 is 12.1 Å². The number of benzene rings is 1. The molecular formula is C16H16F3NO2. The summed E-state index contributed by atoms with van der Waals surface area (Å²) in [5.41, 5.74) is -1.26. The van der Waals surface area contributed by atoms with Gasteiger partial charge in [-0.05, 0) is 31.4 Å².